The smallest absolute Gasteiger partial charge is 0.411 e. The number of ether oxygens (including phenoxy) is 1. The number of H-pyrrole nitrogens is 1. The number of likely N-dealkylation sites (N-methyl/N-ethyl adjacent to an activating group) is 1. The number of hydrogen-bond donors (Lipinski definition) is 2. The average molecular weight is 643 g/mol. The van der Waals surface area contributed by atoms with E-state index in [2.05, 4.69) is 20.1 Å². The van der Waals surface area contributed by atoms with Crippen LogP contribution in [-0.2, 0) is 16.1 Å². The van der Waals surface area contributed by atoms with Crippen molar-refractivity contribution in [3.63, 3.8) is 0 Å². The van der Waals surface area contributed by atoms with Gasteiger partial charge in [-0.1, -0.05) is 48.5 Å². The normalized spacial score (nSPS) is 17.6. The molecule has 3 amide bonds. The van der Waals surface area contributed by atoms with Crippen LogP contribution in [0.25, 0.3) is 11.1 Å². The molecule has 2 aromatic carbocycles. The summed E-state index contributed by atoms with van der Waals surface area (Å²) in [6.45, 7) is 11.0. The van der Waals surface area contributed by atoms with Crippen LogP contribution in [0, 0.1) is 5.92 Å². The first-order valence-corrected chi connectivity index (χ1v) is 17.1. The molecule has 252 valence electrons. The molecule has 2 saturated heterocycles. The first kappa shape index (κ1) is 34.2. The molecule has 3 heterocycles. The number of nitrogens with one attached hydrogen (secondary N) is 2. The summed E-state index contributed by atoms with van der Waals surface area (Å²) >= 11 is 0. The van der Waals surface area contributed by atoms with Crippen LogP contribution in [0.5, 0.6) is 0 Å². The number of amides is 3. The summed E-state index contributed by atoms with van der Waals surface area (Å²) in [5, 5.41) is 2.93. The lowest BCUT2D eigenvalue weighted by atomic mass is 9.96. The van der Waals surface area contributed by atoms with Gasteiger partial charge in [0.1, 0.15) is 11.8 Å². The van der Waals surface area contributed by atoms with E-state index in [0.717, 1.165) is 94.0 Å². The highest BCUT2D eigenvalue weighted by Crippen LogP contribution is 2.28. The third kappa shape index (κ3) is 9.23. The third-order valence-electron chi connectivity index (χ3n) is 9.46. The number of nitrogens with zero attached hydrogens (tertiary/aromatic N) is 4. The highest BCUT2D eigenvalue weighted by atomic mass is 16.6. The van der Waals surface area contributed by atoms with Crippen LogP contribution >= 0.6 is 0 Å². The first-order chi connectivity index (χ1) is 22.8. The number of piperidine rings is 2. The van der Waals surface area contributed by atoms with Gasteiger partial charge >= 0.3 is 6.09 Å². The monoisotopic (exact) mass is 642 g/mol. The summed E-state index contributed by atoms with van der Waals surface area (Å²) in [7, 11) is 1.84. The van der Waals surface area contributed by atoms with Gasteiger partial charge in [0.15, 0.2) is 0 Å². The zero-order valence-electron chi connectivity index (χ0n) is 28.1. The second-order valence-corrected chi connectivity index (χ2v) is 12.7. The SMILES string of the molecule is CCN(CC)C(=O)[C@@H]1CCCN(Cc2ccc(C(=O)N(C)CCN3CCC(OC(=O)Nc4ccccc4-c4ccccc4)CC3)[nH]2)C1. The van der Waals surface area contributed by atoms with Crippen molar-refractivity contribution in [2.24, 2.45) is 5.92 Å². The van der Waals surface area contributed by atoms with E-state index in [4.69, 9.17) is 4.74 Å². The minimum Gasteiger partial charge on any atom is -0.446 e. The summed E-state index contributed by atoms with van der Waals surface area (Å²) in [4.78, 5) is 50.5. The molecule has 47 heavy (non-hydrogen) atoms. The molecule has 2 N–H and O–H groups in total. The van der Waals surface area contributed by atoms with Gasteiger partial charge in [-0.3, -0.25) is 19.8 Å². The van der Waals surface area contributed by atoms with Crippen molar-refractivity contribution in [3.05, 3.63) is 78.1 Å². The van der Waals surface area contributed by atoms with Gasteiger partial charge in [0.05, 0.1) is 11.6 Å². The van der Waals surface area contributed by atoms with E-state index >= 15 is 0 Å². The topological polar surface area (TPSA) is 101 Å². The van der Waals surface area contributed by atoms with Crippen molar-refractivity contribution in [2.45, 2.75) is 52.2 Å². The molecular formula is C37H50N6O4. The number of rotatable bonds is 12. The fourth-order valence-corrected chi connectivity index (χ4v) is 6.69. The zero-order chi connectivity index (χ0) is 33.2. The van der Waals surface area contributed by atoms with Gasteiger partial charge in [-0.15, -0.1) is 0 Å². The largest absolute Gasteiger partial charge is 0.446 e. The number of aromatic amines is 1. The molecule has 0 aliphatic carbocycles. The predicted molar refractivity (Wildman–Crippen MR) is 185 cm³/mol. The lowest BCUT2D eigenvalue weighted by Crippen LogP contribution is -2.44. The van der Waals surface area contributed by atoms with E-state index < -0.39 is 6.09 Å². The number of carbonyl (C=O) groups excluding carboxylic acids is 3. The van der Waals surface area contributed by atoms with E-state index in [9.17, 15) is 14.4 Å². The molecular weight excluding hydrogens is 592 g/mol. The standard InChI is InChI=1S/C37H50N6O4/c1-4-43(5-2)35(44)29-14-11-21-42(26-29)27-30-17-18-34(38-30)36(45)40(3)24-25-41-22-19-31(20-23-41)47-37(46)39-33-16-10-9-15-32(33)28-12-7-6-8-13-28/h6-10,12-13,15-18,29,31,38H,4-5,11,14,19-27H2,1-3H3,(H,39,46)/t29-/m1/s1. The summed E-state index contributed by atoms with van der Waals surface area (Å²) < 4.78 is 5.78. The highest BCUT2D eigenvalue weighted by molar-refractivity contribution is 5.92. The van der Waals surface area contributed by atoms with Crippen molar-refractivity contribution in [1.82, 2.24) is 24.6 Å². The van der Waals surface area contributed by atoms with Crippen LogP contribution in [0.2, 0.25) is 0 Å². The predicted octanol–water partition coefficient (Wildman–Crippen LogP) is 5.55. The van der Waals surface area contributed by atoms with Crippen molar-refractivity contribution in [3.8, 4) is 11.1 Å². The van der Waals surface area contributed by atoms with E-state index in [0.29, 0.717) is 18.8 Å². The maximum absolute atomic E-state index is 13.2. The molecule has 2 fully saturated rings. The second-order valence-electron chi connectivity index (χ2n) is 12.7. The Hall–Kier alpha value is -4.15. The Morgan fingerprint density at radius 1 is 0.894 bits per heavy atom. The van der Waals surface area contributed by atoms with Crippen molar-refractivity contribution in [1.29, 1.82) is 0 Å². The minimum absolute atomic E-state index is 0.0323. The molecule has 1 atom stereocenters. The Kier molecular flexibility index (Phi) is 12.1. The van der Waals surface area contributed by atoms with Crippen molar-refractivity contribution < 1.29 is 19.1 Å². The number of hydrogen-bond acceptors (Lipinski definition) is 6. The number of carbonyl (C=O) groups is 3. The maximum Gasteiger partial charge on any atom is 0.411 e. The molecule has 10 heteroatoms. The molecule has 10 nitrogen and oxygen atoms in total. The Morgan fingerprint density at radius 3 is 2.36 bits per heavy atom. The first-order valence-electron chi connectivity index (χ1n) is 17.1. The van der Waals surface area contributed by atoms with E-state index in [1.54, 1.807) is 4.90 Å². The average Bonchev–Trinajstić information content (AvgIpc) is 3.57. The molecule has 5 rings (SSSR count). The van der Waals surface area contributed by atoms with Gasteiger partial charge in [0, 0.05) is 70.7 Å². The maximum atomic E-state index is 13.2. The van der Waals surface area contributed by atoms with Crippen LogP contribution < -0.4 is 5.32 Å². The van der Waals surface area contributed by atoms with E-state index in [-0.39, 0.29) is 23.8 Å². The van der Waals surface area contributed by atoms with Crippen LogP contribution in [0.3, 0.4) is 0 Å². The van der Waals surface area contributed by atoms with Crippen LogP contribution in [0.4, 0.5) is 10.5 Å². The van der Waals surface area contributed by atoms with E-state index in [1.807, 2.05) is 92.5 Å². The van der Waals surface area contributed by atoms with Crippen LogP contribution in [-0.4, -0.2) is 108 Å². The number of benzene rings is 2. The molecule has 3 aromatic rings. The molecule has 0 saturated carbocycles. The van der Waals surface area contributed by atoms with Crippen LogP contribution in [0.15, 0.2) is 66.7 Å². The Morgan fingerprint density at radius 2 is 1.62 bits per heavy atom. The lowest BCUT2D eigenvalue weighted by Gasteiger charge is -2.34. The zero-order valence-corrected chi connectivity index (χ0v) is 28.1. The number of aromatic nitrogens is 1. The summed E-state index contributed by atoms with van der Waals surface area (Å²) in [5.74, 6) is 0.267. The number of likely N-dealkylation sites (tertiary alicyclic amines) is 2. The molecule has 0 bridgehead atoms. The number of anilines is 1. The lowest BCUT2D eigenvalue weighted by molar-refractivity contribution is -0.137. The van der Waals surface area contributed by atoms with Gasteiger partial charge in [0.2, 0.25) is 5.91 Å². The van der Waals surface area contributed by atoms with Gasteiger partial charge in [-0.2, -0.15) is 0 Å². The summed E-state index contributed by atoms with van der Waals surface area (Å²) in [6.07, 6.45) is 2.88. The van der Waals surface area contributed by atoms with Crippen LogP contribution in [0.1, 0.15) is 55.7 Å². The fraction of sp³-hybridized carbons (Fsp3) is 0.486. The van der Waals surface area contributed by atoms with Gasteiger partial charge < -0.3 is 24.4 Å². The Bertz CT molecular complexity index is 1460. The summed E-state index contributed by atoms with van der Waals surface area (Å²) in [6, 6.07) is 21.6. The molecule has 2 aliphatic rings. The summed E-state index contributed by atoms with van der Waals surface area (Å²) in [5.41, 5.74) is 4.29. The fourth-order valence-electron chi connectivity index (χ4n) is 6.69. The molecule has 0 unspecified atom stereocenters. The highest BCUT2D eigenvalue weighted by Gasteiger charge is 2.29. The number of para-hydroxylation sites is 1. The third-order valence-corrected chi connectivity index (χ3v) is 9.46. The Labute approximate surface area is 279 Å². The van der Waals surface area contributed by atoms with Crippen molar-refractivity contribution >= 4 is 23.6 Å². The van der Waals surface area contributed by atoms with Gasteiger partial charge in [0.25, 0.3) is 5.91 Å². The second kappa shape index (κ2) is 16.6. The van der Waals surface area contributed by atoms with Gasteiger partial charge in [-0.05, 0) is 69.8 Å². The molecule has 0 radical (unpaired) electrons. The van der Waals surface area contributed by atoms with Crippen molar-refractivity contribution in [2.75, 3.05) is 64.7 Å². The quantitative estimate of drug-likeness (QED) is 0.269. The van der Waals surface area contributed by atoms with E-state index in [1.165, 1.54) is 0 Å². The molecule has 2 aliphatic heterocycles. The Balaban J connectivity index is 1.02. The minimum atomic E-state index is -0.435. The van der Waals surface area contributed by atoms with Gasteiger partial charge in [-0.25, -0.2) is 4.79 Å². The molecule has 0 spiro atoms. The molecule has 1 aromatic heterocycles.